The maximum absolute atomic E-state index is 12.7. The first-order chi connectivity index (χ1) is 13.4. The third kappa shape index (κ3) is 4.28. The number of ether oxygens (including phenoxy) is 1. The molecule has 0 radical (unpaired) electrons. The van der Waals surface area contributed by atoms with Crippen molar-refractivity contribution in [1.82, 2.24) is 4.98 Å². The fourth-order valence-corrected chi connectivity index (χ4v) is 2.72. The Morgan fingerprint density at radius 2 is 1.61 bits per heavy atom. The molecule has 144 valence electrons. The summed E-state index contributed by atoms with van der Waals surface area (Å²) in [6.07, 6.45) is 0. The van der Waals surface area contributed by atoms with Gasteiger partial charge in [0.1, 0.15) is 5.75 Å². The second-order valence-corrected chi connectivity index (χ2v) is 6.86. The zero-order valence-corrected chi connectivity index (χ0v) is 16.4. The van der Waals surface area contributed by atoms with Crippen LogP contribution in [0.1, 0.15) is 29.9 Å². The van der Waals surface area contributed by atoms with Crippen molar-refractivity contribution in [2.75, 3.05) is 17.7 Å². The van der Waals surface area contributed by atoms with Crippen LogP contribution in [-0.4, -0.2) is 23.9 Å². The summed E-state index contributed by atoms with van der Waals surface area (Å²) >= 11 is 0. The molecule has 2 N–H and O–H groups in total. The van der Waals surface area contributed by atoms with Gasteiger partial charge in [0.15, 0.2) is 0 Å². The molecule has 0 fully saturated rings. The van der Waals surface area contributed by atoms with Gasteiger partial charge in [-0.1, -0.05) is 13.8 Å². The molecule has 1 heterocycles. The first kappa shape index (κ1) is 19.4. The van der Waals surface area contributed by atoms with Crippen LogP contribution in [0.3, 0.4) is 0 Å². The summed E-state index contributed by atoms with van der Waals surface area (Å²) in [5.41, 5.74) is 3.25. The van der Waals surface area contributed by atoms with Gasteiger partial charge in [-0.15, -0.1) is 0 Å². The fraction of sp³-hybridized carbons (Fsp3) is 0.227. The van der Waals surface area contributed by atoms with E-state index >= 15 is 0 Å². The molecule has 0 bridgehead atoms. The van der Waals surface area contributed by atoms with Crippen LogP contribution < -0.4 is 15.4 Å². The molecule has 0 unspecified atom stereocenters. The van der Waals surface area contributed by atoms with Crippen molar-refractivity contribution in [1.29, 1.82) is 0 Å². The van der Waals surface area contributed by atoms with E-state index in [9.17, 15) is 9.59 Å². The molecule has 28 heavy (non-hydrogen) atoms. The second kappa shape index (κ2) is 8.08. The number of anilines is 2. The van der Waals surface area contributed by atoms with Crippen LogP contribution in [0.4, 0.5) is 11.4 Å². The topological polar surface area (TPSA) is 80.3 Å². The third-order valence-electron chi connectivity index (χ3n) is 4.39. The highest BCUT2D eigenvalue weighted by Gasteiger charge is 2.13. The van der Waals surface area contributed by atoms with Gasteiger partial charge in [-0.3, -0.25) is 14.6 Å². The van der Waals surface area contributed by atoms with Crippen molar-refractivity contribution in [2.24, 2.45) is 5.92 Å². The van der Waals surface area contributed by atoms with E-state index < -0.39 is 0 Å². The molecular weight excluding hydrogens is 354 g/mol. The minimum absolute atomic E-state index is 0.0497. The maximum Gasteiger partial charge on any atom is 0.257 e. The van der Waals surface area contributed by atoms with Gasteiger partial charge in [-0.2, -0.15) is 0 Å². The average molecular weight is 377 g/mol. The van der Waals surface area contributed by atoms with Crippen molar-refractivity contribution in [3.8, 4) is 5.75 Å². The Morgan fingerprint density at radius 1 is 0.964 bits per heavy atom. The summed E-state index contributed by atoms with van der Waals surface area (Å²) in [6, 6.07) is 14.4. The number of amides is 2. The summed E-state index contributed by atoms with van der Waals surface area (Å²) < 4.78 is 5.22. The van der Waals surface area contributed by atoms with E-state index in [1.54, 1.807) is 38.3 Å². The van der Waals surface area contributed by atoms with Gasteiger partial charge < -0.3 is 15.4 Å². The number of methoxy groups -OCH3 is 1. The normalized spacial score (nSPS) is 10.8. The summed E-state index contributed by atoms with van der Waals surface area (Å²) in [5.74, 6) is 0.344. The number of carbonyl (C=O) groups is 2. The summed E-state index contributed by atoms with van der Waals surface area (Å²) in [5, 5.41) is 6.56. The van der Waals surface area contributed by atoms with Crippen LogP contribution in [0.5, 0.6) is 5.75 Å². The van der Waals surface area contributed by atoms with Crippen LogP contribution in [-0.2, 0) is 4.79 Å². The number of hydrogen-bond acceptors (Lipinski definition) is 4. The van der Waals surface area contributed by atoms with Gasteiger partial charge in [0.25, 0.3) is 5.91 Å². The molecule has 2 amide bonds. The first-order valence-corrected chi connectivity index (χ1v) is 9.05. The van der Waals surface area contributed by atoms with Crippen LogP contribution >= 0.6 is 0 Å². The minimum Gasteiger partial charge on any atom is -0.497 e. The number of benzene rings is 2. The Morgan fingerprint density at radius 3 is 2.21 bits per heavy atom. The smallest absolute Gasteiger partial charge is 0.257 e. The van der Waals surface area contributed by atoms with E-state index in [4.69, 9.17) is 4.74 Å². The highest BCUT2D eigenvalue weighted by atomic mass is 16.5. The number of hydrogen-bond donors (Lipinski definition) is 2. The molecular formula is C22H23N3O3. The number of nitrogens with one attached hydrogen (secondary N) is 2. The summed E-state index contributed by atoms with van der Waals surface area (Å²) in [6.45, 7) is 5.47. The van der Waals surface area contributed by atoms with Gasteiger partial charge in [-0.25, -0.2) is 0 Å². The fourth-order valence-electron chi connectivity index (χ4n) is 2.72. The van der Waals surface area contributed by atoms with Crippen molar-refractivity contribution >= 4 is 34.1 Å². The van der Waals surface area contributed by atoms with Gasteiger partial charge in [-0.05, 0) is 49.4 Å². The van der Waals surface area contributed by atoms with Crippen molar-refractivity contribution in [2.45, 2.75) is 20.8 Å². The largest absolute Gasteiger partial charge is 0.497 e. The molecule has 1 aromatic heterocycles. The highest BCUT2D eigenvalue weighted by Crippen LogP contribution is 2.23. The van der Waals surface area contributed by atoms with Crippen LogP contribution in [0.2, 0.25) is 0 Å². The summed E-state index contributed by atoms with van der Waals surface area (Å²) in [7, 11) is 1.61. The zero-order valence-electron chi connectivity index (χ0n) is 16.4. The third-order valence-corrected chi connectivity index (χ3v) is 4.39. The van der Waals surface area contributed by atoms with E-state index in [0.717, 1.165) is 16.7 Å². The van der Waals surface area contributed by atoms with Crippen molar-refractivity contribution in [3.63, 3.8) is 0 Å². The lowest BCUT2D eigenvalue weighted by atomic mass is 10.1. The van der Waals surface area contributed by atoms with Gasteiger partial charge in [0, 0.05) is 28.7 Å². The standard InChI is InChI=1S/C22H23N3O3/c1-13(2)21(26)24-16-6-8-17(9-7-16)25-22(27)19-11-15-5-10-18(28-4)12-20(15)23-14(19)3/h5-13H,1-4H3,(H,24,26)(H,25,27). The van der Waals surface area contributed by atoms with E-state index in [0.29, 0.717) is 22.6 Å². The number of aromatic nitrogens is 1. The lowest BCUT2D eigenvalue weighted by Gasteiger charge is -2.11. The van der Waals surface area contributed by atoms with Gasteiger partial charge in [0.05, 0.1) is 23.9 Å². The average Bonchev–Trinajstić information content (AvgIpc) is 2.68. The molecule has 0 atom stereocenters. The molecule has 0 saturated heterocycles. The molecule has 3 aromatic rings. The molecule has 0 aliphatic heterocycles. The minimum atomic E-state index is -0.235. The highest BCUT2D eigenvalue weighted by molar-refractivity contribution is 6.07. The van der Waals surface area contributed by atoms with E-state index in [2.05, 4.69) is 15.6 Å². The molecule has 6 nitrogen and oxygen atoms in total. The Hall–Kier alpha value is -3.41. The second-order valence-electron chi connectivity index (χ2n) is 6.86. The monoisotopic (exact) mass is 377 g/mol. The van der Waals surface area contributed by atoms with Gasteiger partial charge in [0.2, 0.25) is 5.91 Å². The number of carbonyl (C=O) groups excluding carboxylic acids is 2. The van der Waals surface area contributed by atoms with Crippen molar-refractivity contribution < 1.29 is 14.3 Å². The number of aryl methyl sites for hydroxylation is 1. The van der Waals surface area contributed by atoms with E-state index in [1.807, 2.05) is 38.1 Å². The Bertz CT molecular complexity index is 1030. The van der Waals surface area contributed by atoms with Crippen molar-refractivity contribution in [3.05, 3.63) is 59.8 Å². The Balaban J connectivity index is 1.77. The van der Waals surface area contributed by atoms with Crippen LogP contribution in [0.15, 0.2) is 48.5 Å². The molecule has 3 rings (SSSR count). The SMILES string of the molecule is COc1ccc2cc(C(=O)Nc3ccc(NC(=O)C(C)C)cc3)c(C)nc2c1. The lowest BCUT2D eigenvalue weighted by molar-refractivity contribution is -0.118. The number of pyridine rings is 1. The van der Waals surface area contributed by atoms with Gasteiger partial charge >= 0.3 is 0 Å². The number of nitrogens with zero attached hydrogens (tertiary/aromatic N) is 1. The first-order valence-electron chi connectivity index (χ1n) is 9.05. The van der Waals surface area contributed by atoms with E-state index in [1.165, 1.54) is 0 Å². The lowest BCUT2D eigenvalue weighted by Crippen LogP contribution is -2.18. The zero-order chi connectivity index (χ0) is 20.3. The van der Waals surface area contributed by atoms with E-state index in [-0.39, 0.29) is 17.7 Å². The molecule has 0 aliphatic rings. The molecule has 0 aliphatic carbocycles. The maximum atomic E-state index is 12.7. The Labute approximate surface area is 163 Å². The Kier molecular flexibility index (Phi) is 5.59. The molecule has 2 aromatic carbocycles. The van der Waals surface area contributed by atoms with Crippen LogP contribution in [0.25, 0.3) is 10.9 Å². The number of rotatable bonds is 5. The quantitative estimate of drug-likeness (QED) is 0.691. The predicted molar refractivity (Wildman–Crippen MR) is 111 cm³/mol. The molecule has 0 saturated carbocycles. The van der Waals surface area contributed by atoms with Crippen LogP contribution in [0, 0.1) is 12.8 Å². The molecule has 6 heteroatoms. The number of fused-ring (bicyclic) bond motifs is 1. The molecule has 0 spiro atoms. The summed E-state index contributed by atoms with van der Waals surface area (Å²) in [4.78, 5) is 29.0. The predicted octanol–water partition coefficient (Wildman–Crippen LogP) is 4.40.